The van der Waals surface area contributed by atoms with E-state index in [1.54, 1.807) is 30.3 Å². The molecule has 2 rings (SSSR count). The molecule has 126 valence electrons. The fourth-order valence-corrected chi connectivity index (χ4v) is 2.65. The molecule has 0 saturated heterocycles. The number of rotatable bonds is 6. The molecule has 0 bridgehead atoms. The predicted octanol–water partition coefficient (Wildman–Crippen LogP) is 3.21. The van der Waals surface area contributed by atoms with E-state index in [0.717, 1.165) is 0 Å². The smallest absolute Gasteiger partial charge is 0.255 e. The summed E-state index contributed by atoms with van der Waals surface area (Å²) in [4.78, 5) is 23.6. The number of carbonyl (C=O) groups is 2. The molecule has 0 unspecified atom stereocenters. The second kappa shape index (κ2) is 7.83. The van der Waals surface area contributed by atoms with Crippen molar-refractivity contribution in [3.8, 4) is 11.5 Å². The molecule has 0 radical (unpaired) electrons. The van der Waals surface area contributed by atoms with Crippen molar-refractivity contribution in [2.75, 3.05) is 19.0 Å². The molecule has 0 atom stereocenters. The van der Waals surface area contributed by atoms with Crippen molar-refractivity contribution in [3.05, 3.63) is 52.0 Å². The van der Waals surface area contributed by atoms with E-state index in [2.05, 4.69) is 21.2 Å². The number of carbonyl (C=O) groups excluding carboxylic acids is 2. The van der Waals surface area contributed by atoms with Crippen molar-refractivity contribution in [3.63, 3.8) is 0 Å². The van der Waals surface area contributed by atoms with E-state index in [1.165, 1.54) is 13.2 Å². The normalized spacial score (nSPS) is 10.1. The number of nitrogens with one attached hydrogen (secondary N) is 1. The van der Waals surface area contributed by atoms with E-state index in [1.807, 2.05) is 6.92 Å². The van der Waals surface area contributed by atoms with E-state index in [4.69, 9.17) is 15.2 Å². The van der Waals surface area contributed by atoms with Crippen molar-refractivity contribution in [2.24, 2.45) is 5.73 Å². The van der Waals surface area contributed by atoms with Gasteiger partial charge in [0.2, 0.25) is 5.91 Å². The van der Waals surface area contributed by atoms with Gasteiger partial charge < -0.3 is 20.5 Å². The fraction of sp³-hybridized carbons (Fsp3) is 0.176. The molecule has 7 heteroatoms. The summed E-state index contributed by atoms with van der Waals surface area (Å²) >= 11 is 3.38. The quantitative estimate of drug-likeness (QED) is 0.789. The van der Waals surface area contributed by atoms with Crippen molar-refractivity contribution in [1.82, 2.24) is 0 Å². The summed E-state index contributed by atoms with van der Waals surface area (Å²) in [6.07, 6.45) is 0. The lowest BCUT2D eigenvalue weighted by molar-refractivity contribution is 0.0996. The topological polar surface area (TPSA) is 90.6 Å². The van der Waals surface area contributed by atoms with Gasteiger partial charge in [-0.3, -0.25) is 9.59 Å². The molecule has 0 spiro atoms. The zero-order valence-corrected chi connectivity index (χ0v) is 14.8. The Kier molecular flexibility index (Phi) is 5.81. The maximum Gasteiger partial charge on any atom is 0.255 e. The van der Waals surface area contributed by atoms with Crippen LogP contribution < -0.4 is 20.5 Å². The van der Waals surface area contributed by atoms with Crippen molar-refractivity contribution >= 4 is 33.4 Å². The van der Waals surface area contributed by atoms with Crippen molar-refractivity contribution in [2.45, 2.75) is 6.92 Å². The second-order valence-electron chi connectivity index (χ2n) is 4.82. The van der Waals surface area contributed by atoms with Crippen LogP contribution in [-0.2, 0) is 0 Å². The number of amides is 2. The van der Waals surface area contributed by atoms with E-state index in [0.29, 0.717) is 39.4 Å². The van der Waals surface area contributed by atoms with Crippen molar-refractivity contribution in [1.29, 1.82) is 0 Å². The van der Waals surface area contributed by atoms with Gasteiger partial charge in [0.15, 0.2) is 11.5 Å². The molecule has 0 aromatic heterocycles. The Bertz CT molecular complexity index is 777. The second-order valence-corrected chi connectivity index (χ2v) is 5.68. The highest BCUT2D eigenvalue weighted by atomic mass is 79.9. The summed E-state index contributed by atoms with van der Waals surface area (Å²) in [5.41, 5.74) is 6.41. The van der Waals surface area contributed by atoms with Crippen LogP contribution >= 0.6 is 15.9 Å². The Hall–Kier alpha value is -2.54. The lowest BCUT2D eigenvalue weighted by Gasteiger charge is -2.13. The number of nitrogens with two attached hydrogens (primary N) is 1. The molecular weight excluding hydrogens is 376 g/mol. The lowest BCUT2D eigenvalue weighted by Crippen LogP contribution is -2.14. The van der Waals surface area contributed by atoms with Crippen LogP contribution in [0.1, 0.15) is 27.6 Å². The first-order valence-electron chi connectivity index (χ1n) is 7.17. The van der Waals surface area contributed by atoms with Gasteiger partial charge in [0.05, 0.1) is 18.2 Å². The summed E-state index contributed by atoms with van der Waals surface area (Å²) in [5.74, 6) is 0.0739. The number of methoxy groups -OCH3 is 1. The van der Waals surface area contributed by atoms with Crippen LogP contribution in [0.4, 0.5) is 5.69 Å². The zero-order valence-electron chi connectivity index (χ0n) is 13.3. The van der Waals surface area contributed by atoms with Crippen LogP contribution in [-0.4, -0.2) is 25.5 Å². The Balaban J connectivity index is 2.28. The van der Waals surface area contributed by atoms with Gasteiger partial charge in [0.25, 0.3) is 5.91 Å². The molecule has 0 aliphatic heterocycles. The summed E-state index contributed by atoms with van der Waals surface area (Å²) in [6, 6.07) is 9.63. The molecule has 2 amide bonds. The van der Waals surface area contributed by atoms with Crippen LogP contribution in [0.3, 0.4) is 0 Å². The molecule has 0 fully saturated rings. The van der Waals surface area contributed by atoms with Crippen LogP contribution in [0.25, 0.3) is 0 Å². The maximum atomic E-state index is 12.4. The van der Waals surface area contributed by atoms with E-state index in [-0.39, 0.29) is 5.91 Å². The predicted molar refractivity (Wildman–Crippen MR) is 94.8 cm³/mol. The van der Waals surface area contributed by atoms with Gasteiger partial charge in [0, 0.05) is 16.8 Å². The SMILES string of the molecule is CCOc1c(Br)cc(C(=O)Nc2cccc(C(N)=O)c2)cc1OC. The minimum Gasteiger partial charge on any atom is -0.493 e. The average molecular weight is 393 g/mol. The third-order valence-electron chi connectivity index (χ3n) is 3.19. The van der Waals surface area contributed by atoms with E-state index in [9.17, 15) is 9.59 Å². The standard InChI is InChI=1S/C17H17BrN2O4/c1-3-24-15-13(18)8-11(9-14(15)23-2)17(22)20-12-6-4-5-10(7-12)16(19)21/h4-9H,3H2,1-2H3,(H2,19,21)(H,20,22). The molecule has 3 N–H and O–H groups in total. The Morgan fingerprint density at radius 1 is 1.21 bits per heavy atom. The van der Waals surface area contributed by atoms with Gasteiger partial charge >= 0.3 is 0 Å². The molecule has 0 aliphatic carbocycles. The minimum absolute atomic E-state index is 0.318. The average Bonchev–Trinajstić information content (AvgIpc) is 2.56. The van der Waals surface area contributed by atoms with Gasteiger partial charge in [-0.2, -0.15) is 0 Å². The monoisotopic (exact) mass is 392 g/mol. The van der Waals surface area contributed by atoms with E-state index < -0.39 is 5.91 Å². The number of primary amides is 1. The first kappa shape index (κ1) is 17.8. The molecule has 6 nitrogen and oxygen atoms in total. The molecule has 24 heavy (non-hydrogen) atoms. The maximum absolute atomic E-state index is 12.4. The first-order valence-corrected chi connectivity index (χ1v) is 7.97. The summed E-state index contributed by atoms with van der Waals surface area (Å²) in [7, 11) is 1.50. The number of hydrogen-bond donors (Lipinski definition) is 2. The fourth-order valence-electron chi connectivity index (χ4n) is 2.09. The number of hydrogen-bond acceptors (Lipinski definition) is 4. The first-order chi connectivity index (χ1) is 11.5. The molecular formula is C17H17BrN2O4. The molecule has 0 saturated carbocycles. The van der Waals surface area contributed by atoms with Crippen LogP contribution in [0.5, 0.6) is 11.5 Å². The van der Waals surface area contributed by atoms with Gasteiger partial charge in [0.1, 0.15) is 0 Å². The summed E-state index contributed by atoms with van der Waals surface area (Å²) < 4.78 is 11.4. The lowest BCUT2D eigenvalue weighted by atomic mass is 10.1. The number of halogens is 1. The molecule has 0 heterocycles. The summed E-state index contributed by atoms with van der Waals surface area (Å²) in [6.45, 7) is 2.33. The Labute approximate surface area is 148 Å². The van der Waals surface area contributed by atoms with Crippen LogP contribution in [0.2, 0.25) is 0 Å². The van der Waals surface area contributed by atoms with Gasteiger partial charge in [-0.05, 0) is 53.2 Å². The van der Waals surface area contributed by atoms with Gasteiger partial charge in [-0.15, -0.1) is 0 Å². The van der Waals surface area contributed by atoms with Crippen molar-refractivity contribution < 1.29 is 19.1 Å². The molecule has 0 aliphatic rings. The third-order valence-corrected chi connectivity index (χ3v) is 3.77. The van der Waals surface area contributed by atoms with Gasteiger partial charge in [-0.1, -0.05) is 6.07 Å². The molecule has 2 aromatic carbocycles. The highest BCUT2D eigenvalue weighted by molar-refractivity contribution is 9.10. The molecule has 2 aromatic rings. The van der Waals surface area contributed by atoms with Crippen LogP contribution in [0, 0.1) is 0 Å². The number of ether oxygens (including phenoxy) is 2. The minimum atomic E-state index is -0.559. The largest absolute Gasteiger partial charge is 0.493 e. The third kappa shape index (κ3) is 4.05. The van der Waals surface area contributed by atoms with E-state index >= 15 is 0 Å². The number of anilines is 1. The zero-order chi connectivity index (χ0) is 17.7. The Morgan fingerprint density at radius 2 is 1.96 bits per heavy atom. The highest BCUT2D eigenvalue weighted by Crippen LogP contribution is 2.36. The number of benzene rings is 2. The van der Waals surface area contributed by atoms with Gasteiger partial charge in [-0.25, -0.2) is 0 Å². The Morgan fingerprint density at radius 3 is 2.58 bits per heavy atom. The van der Waals surface area contributed by atoms with Crippen LogP contribution in [0.15, 0.2) is 40.9 Å². The highest BCUT2D eigenvalue weighted by Gasteiger charge is 2.16. The summed E-state index contributed by atoms with van der Waals surface area (Å²) in [5, 5.41) is 2.72.